The summed E-state index contributed by atoms with van der Waals surface area (Å²) < 4.78 is 0. The summed E-state index contributed by atoms with van der Waals surface area (Å²) in [6.45, 7) is 3.45. The van der Waals surface area contributed by atoms with Crippen LogP contribution in [0.2, 0.25) is 0 Å². The molecule has 2 heteroatoms. The fraction of sp³-hybridized carbons (Fsp3) is 0.222. The van der Waals surface area contributed by atoms with Crippen LogP contribution in [0.5, 0.6) is 0 Å². The third kappa shape index (κ3) is 3.41. The predicted octanol–water partition coefficient (Wildman–Crippen LogP) is 3.75. The van der Waals surface area contributed by atoms with Crippen LogP contribution in [0.15, 0.2) is 48.5 Å². The number of hydrogen-bond acceptors (Lipinski definition) is 2. The normalized spacial score (nSPS) is 10.3. The van der Waals surface area contributed by atoms with Crippen LogP contribution >= 0.6 is 0 Å². The SMILES string of the molecule is CC(=O)CC(=O)c1cccc(C)c1Cc1ccccc1. The number of ketones is 2. The Morgan fingerprint density at radius 3 is 2.30 bits per heavy atom. The van der Waals surface area contributed by atoms with Gasteiger partial charge in [0, 0.05) is 5.56 Å². The van der Waals surface area contributed by atoms with Crippen molar-refractivity contribution in [2.24, 2.45) is 0 Å². The first kappa shape index (κ1) is 14.2. The molecule has 0 atom stereocenters. The van der Waals surface area contributed by atoms with E-state index in [2.05, 4.69) is 0 Å². The summed E-state index contributed by atoms with van der Waals surface area (Å²) in [5, 5.41) is 0. The Labute approximate surface area is 119 Å². The van der Waals surface area contributed by atoms with Crippen LogP contribution in [-0.2, 0) is 11.2 Å². The molecule has 0 amide bonds. The maximum Gasteiger partial charge on any atom is 0.170 e. The van der Waals surface area contributed by atoms with E-state index in [0.29, 0.717) is 12.0 Å². The molecule has 2 aromatic rings. The van der Waals surface area contributed by atoms with Crippen molar-refractivity contribution in [3.63, 3.8) is 0 Å². The van der Waals surface area contributed by atoms with Crippen LogP contribution in [0.4, 0.5) is 0 Å². The Hall–Kier alpha value is -2.22. The van der Waals surface area contributed by atoms with Crippen LogP contribution in [0.1, 0.15) is 40.4 Å². The standard InChI is InChI=1S/C18H18O2/c1-13-7-6-10-16(18(20)11-14(2)19)17(13)12-15-8-4-3-5-9-15/h3-10H,11-12H2,1-2H3. The summed E-state index contributed by atoms with van der Waals surface area (Å²) in [6.07, 6.45) is 0.692. The van der Waals surface area contributed by atoms with Crippen molar-refractivity contribution in [3.8, 4) is 0 Å². The molecule has 0 N–H and O–H groups in total. The van der Waals surface area contributed by atoms with Gasteiger partial charge in [-0.05, 0) is 37.0 Å². The van der Waals surface area contributed by atoms with Crippen LogP contribution in [0, 0.1) is 6.92 Å². The molecule has 0 bridgehead atoms. The van der Waals surface area contributed by atoms with Crippen molar-refractivity contribution in [3.05, 3.63) is 70.8 Å². The van der Waals surface area contributed by atoms with Gasteiger partial charge in [0.25, 0.3) is 0 Å². The molecule has 0 aliphatic heterocycles. The number of hydrogen-bond donors (Lipinski definition) is 0. The third-order valence-electron chi connectivity index (χ3n) is 3.34. The molecule has 0 saturated carbocycles. The van der Waals surface area contributed by atoms with Gasteiger partial charge in [-0.25, -0.2) is 0 Å². The van der Waals surface area contributed by atoms with E-state index >= 15 is 0 Å². The van der Waals surface area contributed by atoms with Gasteiger partial charge in [-0.15, -0.1) is 0 Å². The van der Waals surface area contributed by atoms with E-state index in [1.54, 1.807) is 0 Å². The van der Waals surface area contributed by atoms with Gasteiger partial charge in [0.2, 0.25) is 0 Å². The maximum absolute atomic E-state index is 12.2. The van der Waals surface area contributed by atoms with Gasteiger partial charge in [0.15, 0.2) is 5.78 Å². The van der Waals surface area contributed by atoms with Gasteiger partial charge >= 0.3 is 0 Å². The Kier molecular flexibility index (Phi) is 4.46. The number of aryl methyl sites for hydroxylation is 1. The summed E-state index contributed by atoms with van der Waals surface area (Å²) in [6, 6.07) is 15.7. The summed E-state index contributed by atoms with van der Waals surface area (Å²) in [7, 11) is 0. The molecular formula is C18H18O2. The highest BCUT2D eigenvalue weighted by Crippen LogP contribution is 2.20. The molecular weight excluding hydrogens is 248 g/mol. The number of Topliss-reactive ketones (excluding diaryl/α,β-unsaturated/α-hetero) is 2. The largest absolute Gasteiger partial charge is 0.300 e. The minimum Gasteiger partial charge on any atom is -0.300 e. The summed E-state index contributed by atoms with van der Waals surface area (Å²) in [4.78, 5) is 23.4. The average molecular weight is 266 g/mol. The lowest BCUT2D eigenvalue weighted by Gasteiger charge is -2.11. The highest BCUT2D eigenvalue weighted by molar-refractivity contribution is 6.08. The van der Waals surface area contributed by atoms with E-state index in [0.717, 1.165) is 11.1 Å². The minimum absolute atomic E-state index is 0.0226. The highest BCUT2D eigenvalue weighted by Gasteiger charge is 2.15. The molecule has 0 aliphatic rings. The van der Waals surface area contributed by atoms with Crippen LogP contribution in [0.25, 0.3) is 0 Å². The molecule has 102 valence electrons. The van der Waals surface area contributed by atoms with E-state index in [9.17, 15) is 9.59 Å². The Morgan fingerprint density at radius 1 is 0.950 bits per heavy atom. The highest BCUT2D eigenvalue weighted by atomic mass is 16.1. The van der Waals surface area contributed by atoms with E-state index in [1.165, 1.54) is 12.5 Å². The van der Waals surface area contributed by atoms with Crippen molar-refractivity contribution in [2.45, 2.75) is 26.7 Å². The molecule has 20 heavy (non-hydrogen) atoms. The summed E-state index contributed by atoms with van der Waals surface area (Å²) in [5.74, 6) is -0.186. The Balaban J connectivity index is 2.36. The zero-order valence-electron chi connectivity index (χ0n) is 11.8. The number of carbonyl (C=O) groups excluding carboxylic acids is 2. The Bertz CT molecular complexity index is 627. The molecule has 0 fully saturated rings. The van der Waals surface area contributed by atoms with Crippen molar-refractivity contribution in [1.29, 1.82) is 0 Å². The number of benzene rings is 2. The number of rotatable bonds is 5. The van der Waals surface area contributed by atoms with Gasteiger partial charge in [0.1, 0.15) is 5.78 Å². The first-order chi connectivity index (χ1) is 9.58. The van der Waals surface area contributed by atoms with Crippen molar-refractivity contribution < 1.29 is 9.59 Å². The second-order valence-electron chi connectivity index (χ2n) is 5.07. The second-order valence-corrected chi connectivity index (χ2v) is 5.07. The van der Waals surface area contributed by atoms with Gasteiger partial charge in [-0.2, -0.15) is 0 Å². The van der Waals surface area contributed by atoms with Gasteiger partial charge in [-0.1, -0.05) is 48.5 Å². The smallest absolute Gasteiger partial charge is 0.170 e. The molecule has 2 rings (SSSR count). The molecule has 2 nitrogen and oxygen atoms in total. The first-order valence-electron chi connectivity index (χ1n) is 6.73. The molecule has 0 aromatic heterocycles. The van der Waals surface area contributed by atoms with Crippen molar-refractivity contribution in [2.75, 3.05) is 0 Å². The molecule has 0 saturated heterocycles. The molecule has 0 aliphatic carbocycles. The lowest BCUT2D eigenvalue weighted by Crippen LogP contribution is -2.09. The molecule has 2 aromatic carbocycles. The third-order valence-corrected chi connectivity index (χ3v) is 3.34. The van der Waals surface area contributed by atoms with Gasteiger partial charge < -0.3 is 0 Å². The lowest BCUT2D eigenvalue weighted by atomic mass is 9.92. The van der Waals surface area contributed by atoms with Gasteiger partial charge in [-0.3, -0.25) is 9.59 Å². The van der Waals surface area contributed by atoms with E-state index in [4.69, 9.17) is 0 Å². The van der Waals surface area contributed by atoms with E-state index in [-0.39, 0.29) is 18.0 Å². The fourth-order valence-corrected chi connectivity index (χ4v) is 2.32. The summed E-state index contributed by atoms with van der Waals surface area (Å²) >= 11 is 0. The van der Waals surface area contributed by atoms with Crippen LogP contribution in [0.3, 0.4) is 0 Å². The monoisotopic (exact) mass is 266 g/mol. The number of carbonyl (C=O) groups is 2. The molecule has 0 spiro atoms. The molecule has 0 unspecified atom stereocenters. The fourth-order valence-electron chi connectivity index (χ4n) is 2.32. The topological polar surface area (TPSA) is 34.1 Å². The molecule has 0 radical (unpaired) electrons. The quantitative estimate of drug-likeness (QED) is 0.610. The van der Waals surface area contributed by atoms with Gasteiger partial charge in [0.05, 0.1) is 6.42 Å². The Morgan fingerprint density at radius 2 is 1.65 bits per heavy atom. The zero-order valence-corrected chi connectivity index (χ0v) is 11.8. The first-order valence-corrected chi connectivity index (χ1v) is 6.73. The maximum atomic E-state index is 12.2. The zero-order chi connectivity index (χ0) is 14.5. The minimum atomic E-state index is -0.0952. The van der Waals surface area contributed by atoms with Crippen molar-refractivity contribution >= 4 is 11.6 Å². The van der Waals surface area contributed by atoms with Crippen LogP contribution in [-0.4, -0.2) is 11.6 Å². The molecule has 0 heterocycles. The van der Waals surface area contributed by atoms with E-state index in [1.807, 2.05) is 55.5 Å². The average Bonchev–Trinajstić information content (AvgIpc) is 2.41. The van der Waals surface area contributed by atoms with Crippen LogP contribution < -0.4 is 0 Å². The summed E-state index contributed by atoms with van der Waals surface area (Å²) in [5.41, 5.74) is 3.94. The predicted molar refractivity (Wildman–Crippen MR) is 80.1 cm³/mol. The lowest BCUT2D eigenvalue weighted by molar-refractivity contribution is -0.116. The van der Waals surface area contributed by atoms with Crippen molar-refractivity contribution in [1.82, 2.24) is 0 Å². The second kappa shape index (κ2) is 6.29. The van der Waals surface area contributed by atoms with E-state index < -0.39 is 0 Å².